The number of amides is 1. The Kier molecular flexibility index (Phi) is 6.05. The second kappa shape index (κ2) is 8.32. The number of fused-ring (bicyclic) bond motifs is 1. The molecule has 1 amide bonds. The summed E-state index contributed by atoms with van der Waals surface area (Å²) < 4.78 is 28.1. The number of carbonyl (C=O) groups excluding carboxylic acids is 1. The van der Waals surface area contributed by atoms with E-state index < -0.39 is 10.0 Å². The predicted molar refractivity (Wildman–Crippen MR) is 112 cm³/mol. The normalized spacial score (nSPS) is 16.1. The zero-order chi connectivity index (χ0) is 20.3. The molecule has 0 bridgehead atoms. The van der Waals surface area contributed by atoms with Crippen LogP contribution in [0.25, 0.3) is 0 Å². The minimum Gasteiger partial charge on any atom is -0.370 e. The summed E-state index contributed by atoms with van der Waals surface area (Å²) in [6.45, 7) is 7.24. The third-order valence-electron chi connectivity index (χ3n) is 5.09. The summed E-state index contributed by atoms with van der Waals surface area (Å²) >= 11 is 0. The van der Waals surface area contributed by atoms with Crippen molar-refractivity contribution in [2.45, 2.75) is 38.1 Å². The van der Waals surface area contributed by atoms with Gasteiger partial charge in [-0.05, 0) is 56.2 Å². The summed E-state index contributed by atoms with van der Waals surface area (Å²) in [6.07, 6.45) is 0.663. The van der Waals surface area contributed by atoms with Crippen molar-refractivity contribution in [2.75, 3.05) is 29.4 Å². The Labute approximate surface area is 167 Å². The summed E-state index contributed by atoms with van der Waals surface area (Å²) in [4.78, 5) is 15.9. The number of hydrogen-bond donors (Lipinski definition) is 1. The van der Waals surface area contributed by atoms with Crippen LogP contribution in [0.1, 0.15) is 26.3 Å². The Balaban J connectivity index is 1.69. The van der Waals surface area contributed by atoms with E-state index in [0.717, 1.165) is 23.5 Å². The van der Waals surface area contributed by atoms with Gasteiger partial charge in [-0.2, -0.15) is 0 Å². The molecule has 150 valence electrons. The molecular weight excluding hydrogens is 374 g/mol. The molecule has 0 fully saturated rings. The van der Waals surface area contributed by atoms with Crippen molar-refractivity contribution in [3.8, 4) is 0 Å². The van der Waals surface area contributed by atoms with Crippen molar-refractivity contribution < 1.29 is 13.2 Å². The Hall–Kier alpha value is -2.38. The quantitative estimate of drug-likeness (QED) is 0.775. The van der Waals surface area contributed by atoms with Gasteiger partial charge >= 0.3 is 0 Å². The van der Waals surface area contributed by atoms with Gasteiger partial charge in [-0.3, -0.25) is 4.79 Å². The highest BCUT2D eigenvalue weighted by Crippen LogP contribution is 2.33. The number of rotatable bonds is 7. The van der Waals surface area contributed by atoms with Crippen LogP contribution in [0.15, 0.2) is 53.4 Å². The van der Waals surface area contributed by atoms with Gasteiger partial charge in [-0.25, -0.2) is 13.1 Å². The molecule has 0 saturated carbocycles. The van der Waals surface area contributed by atoms with Gasteiger partial charge in [-0.15, -0.1) is 0 Å². The van der Waals surface area contributed by atoms with Crippen molar-refractivity contribution in [3.63, 3.8) is 0 Å². The fourth-order valence-corrected chi connectivity index (χ4v) is 4.83. The predicted octanol–water partition coefficient (Wildman–Crippen LogP) is 2.79. The second-order valence-corrected chi connectivity index (χ2v) is 8.81. The summed E-state index contributed by atoms with van der Waals surface area (Å²) in [6, 6.07) is 15.0. The van der Waals surface area contributed by atoms with Gasteiger partial charge < -0.3 is 9.80 Å². The van der Waals surface area contributed by atoms with Crippen molar-refractivity contribution in [3.05, 3.63) is 54.1 Å². The van der Waals surface area contributed by atoms with Crippen LogP contribution in [0.2, 0.25) is 0 Å². The molecule has 0 aliphatic carbocycles. The first-order chi connectivity index (χ1) is 13.3. The molecule has 1 N–H and O–H groups in total. The van der Waals surface area contributed by atoms with Crippen LogP contribution >= 0.6 is 0 Å². The van der Waals surface area contributed by atoms with E-state index in [4.69, 9.17) is 0 Å². The lowest BCUT2D eigenvalue weighted by Gasteiger charge is -2.23. The van der Waals surface area contributed by atoms with Crippen molar-refractivity contribution in [2.24, 2.45) is 0 Å². The third-order valence-corrected chi connectivity index (χ3v) is 6.55. The minimum absolute atomic E-state index is 0.0273. The Morgan fingerprint density at radius 3 is 2.57 bits per heavy atom. The molecule has 0 saturated heterocycles. The maximum absolute atomic E-state index is 12.7. The van der Waals surface area contributed by atoms with E-state index in [-0.39, 0.29) is 16.8 Å². The molecule has 0 aromatic heterocycles. The summed E-state index contributed by atoms with van der Waals surface area (Å²) in [5.41, 5.74) is 2.77. The molecule has 3 rings (SSSR count). The zero-order valence-electron chi connectivity index (χ0n) is 16.6. The topological polar surface area (TPSA) is 69.7 Å². The van der Waals surface area contributed by atoms with E-state index in [1.54, 1.807) is 23.1 Å². The number of nitrogens with one attached hydrogen (secondary N) is 1. The maximum Gasteiger partial charge on any atom is 0.240 e. The van der Waals surface area contributed by atoms with E-state index in [1.165, 1.54) is 6.92 Å². The highest BCUT2D eigenvalue weighted by atomic mass is 32.2. The molecule has 1 unspecified atom stereocenters. The average Bonchev–Trinajstić information content (AvgIpc) is 3.01. The summed E-state index contributed by atoms with van der Waals surface area (Å²) in [5, 5.41) is 0. The lowest BCUT2D eigenvalue weighted by atomic mass is 10.1. The fraction of sp³-hybridized carbons (Fsp3) is 0.381. The number of carbonyl (C=O) groups is 1. The Morgan fingerprint density at radius 2 is 1.93 bits per heavy atom. The molecule has 1 heterocycles. The van der Waals surface area contributed by atoms with Gasteiger partial charge in [0.15, 0.2) is 0 Å². The van der Waals surface area contributed by atoms with Gasteiger partial charge in [-0.1, -0.05) is 18.2 Å². The van der Waals surface area contributed by atoms with Gasteiger partial charge in [0.25, 0.3) is 0 Å². The van der Waals surface area contributed by atoms with E-state index in [2.05, 4.69) is 9.62 Å². The molecule has 28 heavy (non-hydrogen) atoms. The number of benzene rings is 2. The van der Waals surface area contributed by atoms with Crippen LogP contribution in [0.4, 0.5) is 11.4 Å². The number of anilines is 2. The Bertz CT molecular complexity index is 945. The van der Waals surface area contributed by atoms with E-state index in [0.29, 0.717) is 19.5 Å². The fourth-order valence-electron chi connectivity index (χ4n) is 3.76. The molecule has 2 aromatic rings. The SMILES string of the molecule is CCN(CCNS(=O)(=O)c1ccc2c(c1)CC(C)N2C(C)=O)c1ccccc1. The van der Waals surface area contributed by atoms with Crippen LogP contribution in [-0.4, -0.2) is 40.0 Å². The van der Waals surface area contributed by atoms with Crippen LogP contribution in [0, 0.1) is 0 Å². The lowest BCUT2D eigenvalue weighted by Crippen LogP contribution is -2.35. The highest BCUT2D eigenvalue weighted by molar-refractivity contribution is 7.89. The minimum atomic E-state index is -3.60. The lowest BCUT2D eigenvalue weighted by molar-refractivity contribution is -0.116. The summed E-state index contributed by atoms with van der Waals surface area (Å²) in [7, 11) is -3.60. The largest absolute Gasteiger partial charge is 0.370 e. The molecule has 0 radical (unpaired) electrons. The molecular formula is C21H27N3O3S. The van der Waals surface area contributed by atoms with Crippen molar-refractivity contribution >= 4 is 27.3 Å². The molecule has 2 aromatic carbocycles. The molecule has 1 aliphatic rings. The number of sulfonamides is 1. The van der Waals surface area contributed by atoms with Crippen LogP contribution in [0.5, 0.6) is 0 Å². The van der Waals surface area contributed by atoms with Crippen LogP contribution in [0.3, 0.4) is 0 Å². The van der Waals surface area contributed by atoms with Gasteiger partial charge in [0.1, 0.15) is 0 Å². The maximum atomic E-state index is 12.7. The first kappa shape index (κ1) is 20.4. The van der Waals surface area contributed by atoms with Gasteiger partial charge in [0.2, 0.25) is 15.9 Å². The number of para-hydroxylation sites is 1. The molecule has 1 atom stereocenters. The first-order valence-electron chi connectivity index (χ1n) is 9.56. The van der Waals surface area contributed by atoms with E-state index >= 15 is 0 Å². The molecule has 7 heteroatoms. The smallest absolute Gasteiger partial charge is 0.240 e. The zero-order valence-corrected chi connectivity index (χ0v) is 17.4. The molecule has 6 nitrogen and oxygen atoms in total. The van der Waals surface area contributed by atoms with Crippen molar-refractivity contribution in [1.29, 1.82) is 0 Å². The number of hydrogen-bond acceptors (Lipinski definition) is 4. The Morgan fingerprint density at radius 1 is 1.21 bits per heavy atom. The monoisotopic (exact) mass is 401 g/mol. The standard InChI is InChI=1S/C21H27N3O3S/c1-4-23(19-8-6-5-7-9-19)13-12-22-28(26,27)20-10-11-21-18(15-20)14-16(2)24(21)17(3)25/h5-11,15-16,22H,4,12-14H2,1-3H3. The van der Waals surface area contributed by atoms with Gasteiger partial charge in [0, 0.05) is 44.0 Å². The molecule has 0 spiro atoms. The van der Waals surface area contributed by atoms with Crippen LogP contribution < -0.4 is 14.5 Å². The van der Waals surface area contributed by atoms with E-state index in [1.807, 2.05) is 44.2 Å². The van der Waals surface area contributed by atoms with Crippen molar-refractivity contribution in [1.82, 2.24) is 4.72 Å². The number of likely N-dealkylation sites (N-methyl/N-ethyl adjacent to an activating group) is 1. The van der Waals surface area contributed by atoms with Crippen LogP contribution in [-0.2, 0) is 21.2 Å². The third kappa shape index (κ3) is 4.20. The molecule has 1 aliphatic heterocycles. The first-order valence-corrected chi connectivity index (χ1v) is 11.0. The summed E-state index contributed by atoms with van der Waals surface area (Å²) in [5.74, 6) is -0.0273. The van der Waals surface area contributed by atoms with Gasteiger partial charge in [0.05, 0.1) is 4.90 Å². The number of nitrogens with zero attached hydrogens (tertiary/aromatic N) is 2. The second-order valence-electron chi connectivity index (χ2n) is 7.05. The van der Waals surface area contributed by atoms with E-state index in [9.17, 15) is 13.2 Å². The highest BCUT2D eigenvalue weighted by Gasteiger charge is 2.30. The average molecular weight is 402 g/mol.